The Kier molecular flexibility index (Phi) is 5.85. The molecule has 1 unspecified atom stereocenters. The number of phenolic OH excluding ortho intramolecular Hbond substituents is 1. The normalized spacial score (nSPS) is 17.4. The summed E-state index contributed by atoms with van der Waals surface area (Å²) < 4.78 is 5.30. The number of hydrogen-bond acceptors (Lipinski definition) is 4. The number of nitrogens with zero attached hydrogens (tertiary/aromatic N) is 1. The predicted molar refractivity (Wildman–Crippen MR) is 103 cm³/mol. The number of phenols is 1. The third-order valence-corrected chi connectivity index (χ3v) is 4.72. The van der Waals surface area contributed by atoms with Crippen molar-refractivity contribution in [3.8, 4) is 11.5 Å². The molecule has 2 N–H and O–H groups in total. The molecule has 0 bridgehead atoms. The molecule has 134 valence electrons. The highest BCUT2D eigenvalue weighted by molar-refractivity contribution is 7.80. The number of Topliss-reactive ketones (excluding diaryl/α,β-unsaturated/α-hetero) is 1. The van der Waals surface area contributed by atoms with E-state index in [1.165, 1.54) is 7.11 Å². The van der Waals surface area contributed by atoms with Gasteiger partial charge in [-0.05, 0) is 57.1 Å². The lowest BCUT2D eigenvalue weighted by atomic mass is 9.90. The van der Waals surface area contributed by atoms with Gasteiger partial charge in [0.15, 0.2) is 22.4 Å². The van der Waals surface area contributed by atoms with Gasteiger partial charge in [-0.15, -0.1) is 6.58 Å². The summed E-state index contributed by atoms with van der Waals surface area (Å²) in [6.07, 6.45) is 2.20. The molecule has 1 heterocycles. The number of ether oxygens (including phenoxy) is 1. The monoisotopic (exact) mass is 360 g/mol. The van der Waals surface area contributed by atoms with Gasteiger partial charge in [-0.25, -0.2) is 0 Å². The number of thiocarbonyl (C=S) groups is 1. The van der Waals surface area contributed by atoms with Gasteiger partial charge in [0.25, 0.3) is 0 Å². The largest absolute Gasteiger partial charge is 0.504 e. The molecule has 1 aliphatic rings. The Morgan fingerprint density at radius 2 is 2.20 bits per heavy atom. The maximum atomic E-state index is 12.3. The Hall–Kier alpha value is -2.34. The molecule has 0 saturated carbocycles. The number of aromatic hydroxyl groups is 1. The van der Waals surface area contributed by atoms with Crippen LogP contribution in [0.1, 0.15) is 37.9 Å². The van der Waals surface area contributed by atoms with Crippen molar-refractivity contribution in [1.82, 2.24) is 10.2 Å². The number of ketones is 1. The van der Waals surface area contributed by atoms with E-state index in [0.29, 0.717) is 35.0 Å². The van der Waals surface area contributed by atoms with E-state index in [0.717, 1.165) is 11.3 Å². The Balaban J connectivity index is 2.65. The zero-order valence-corrected chi connectivity index (χ0v) is 15.9. The molecule has 2 rings (SSSR count). The van der Waals surface area contributed by atoms with Crippen LogP contribution in [0.2, 0.25) is 0 Å². The van der Waals surface area contributed by atoms with Gasteiger partial charge in [0, 0.05) is 23.4 Å². The Bertz CT molecular complexity index is 755. The molecule has 0 amide bonds. The fraction of sp³-hybridized carbons (Fsp3) is 0.368. The number of rotatable bonds is 6. The summed E-state index contributed by atoms with van der Waals surface area (Å²) in [6.45, 7) is 9.85. The number of carbonyl (C=O) groups is 1. The van der Waals surface area contributed by atoms with Crippen LogP contribution in [0, 0.1) is 0 Å². The molecule has 6 heteroatoms. The minimum atomic E-state index is -0.383. The van der Waals surface area contributed by atoms with Crippen LogP contribution in [-0.2, 0) is 11.2 Å². The number of carbonyl (C=O) groups excluding carboxylic acids is 1. The SMILES string of the molecule is C=CCc1cc(C2NC(=S)N(CC)C(C)=C2C(C)=O)cc(OC)c1O. The molecular formula is C19H24N2O3S. The number of nitrogens with one attached hydrogen (secondary N) is 1. The van der Waals surface area contributed by atoms with Gasteiger partial charge in [-0.1, -0.05) is 6.08 Å². The maximum Gasteiger partial charge on any atom is 0.173 e. The molecule has 0 spiro atoms. The van der Waals surface area contributed by atoms with Crippen LogP contribution >= 0.6 is 12.2 Å². The van der Waals surface area contributed by atoms with Crippen LogP contribution in [0.5, 0.6) is 11.5 Å². The highest BCUT2D eigenvalue weighted by Crippen LogP contribution is 2.38. The Morgan fingerprint density at radius 3 is 2.72 bits per heavy atom. The van der Waals surface area contributed by atoms with Crippen LogP contribution in [0.15, 0.2) is 36.1 Å². The Labute approximate surface area is 154 Å². The van der Waals surface area contributed by atoms with E-state index in [9.17, 15) is 9.90 Å². The molecule has 25 heavy (non-hydrogen) atoms. The van der Waals surface area contributed by atoms with Crippen LogP contribution in [-0.4, -0.2) is 34.6 Å². The summed E-state index contributed by atoms with van der Waals surface area (Å²) in [4.78, 5) is 14.2. The third kappa shape index (κ3) is 3.54. The number of benzene rings is 1. The third-order valence-electron chi connectivity index (χ3n) is 4.39. The van der Waals surface area contributed by atoms with Crippen molar-refractivity contribution in [2.45, 2.75) is 33.2 Å². The zero-order chi connectivity index (χ0) is 18.7. The van der Waals surface area contributed by atoms with E-state index in [1.807, 2.05) is 24.8 Å². The molecule has 5 nitrogen and oxygen atoms in total. The topological polar surface area (TPSA) is 61.8 Å². The van der Waals surface area contributed by atoms with E-state index in [-0.39, 0.29) is 17.6 Å². The second-order valence-electron chi connectivity index (χ2n) is 5.91. The number of allylic oxidation sites excluding steroid dienone is 2. The second kappa shape index (κ2) is 7.70. The van der Waals surface area contributed by atoms with Gasteiger partial charge in [-0.2, -0.15) is 0 Å². The molecule has 0 saturated heterocycles. The van der Waals surface area contributed by atoms with Gasteiger partial charge in [0.1, 0.15) is 0 Å². The first-order chi connectivity index (χ1) is 11.8. The lowest BCUT2D eigenvalue weighted by molar-refractivity contribution is -0.114. The molecule has 1 atom stereocenters. The summed E-state index contributed by atoms with van der Waals surface area (Å²) in [6, 6.07) is 3.21. The first-order valence-electron chi connectivity index (χ1n) is 8.16. The van der Waals surface area contributed by atoms with Gasteiger partial charge in [-0.3, -0.25) is 4.79 Å². The Morgan fingerprint density at radius 1 is 1.52 bits per heavy atom. The van der Waals surface area contributed by atoms with E-state index in [2.05, 4.69) is 11.9 Å². The zero-order valence-electron chi connectivity index (χ0n) is 15.0. The van der Waals surface area contributed by atoms with Gasteiger partial charge >= 0.3 is 0 Å². The molecule has 1 aromatic rings. The number of methoxy groups -OCH3 is 1. The van der Waals surface area contributed by atoms with Crippen LogP contribution in [0.4, 0.5) is 0 Å². The van der Waals surface area contributed by atoms with Crippen molar-refractivity contribution in [3.63, 3.8) is 0 Å². The van der Waals surface area contributed by atoms with Crippen molar-refractivity contribution in [3.05, 3.63) is 47.2 Å². The van der Waals surface area contributed by atoms with Crippen molar-refractivity contribution in [2.75, 3.05) is 13.7 Å². The van der Waals surface area contributed by atoms with Crippen molar-refractivity contribution in [2.24, 2.45) is 0 Å². The highest BCUT2D eigenvalue weighted by atomic mass is 32.1. The number of hydrogen-bond donors (Lipinski definition) is 2. The van der Waals surface area contributed by atoms with Crippen molar-refractivity contribution < 1.29 is 14.6 Å². The average molecular weight is 360 g/mol. The second-order valence-corrected chi connectivity index (χ2v) is 6.29. The van der Waals surface area contributed by atoms with Crippen LogP contribution in [0.3, 0.4) is 0 Å². The molecule has 1 aromatic carbocycles. The summed E-state index contributed by atoms with van der Waals surface area (Å²) in [5.41, 5.74) is 3.01. The van der Waals surface area contributed by atoms with Crippen LogP contribution < -0.4 is 10.1 Å². The van der Waals surface area contributed by atoms with E-state index >= 15 is 0 Å². The summed E-state index contributed by atoms with van der Waals surface area (Å²) >= 11 is 5.46. The molecule has 0 radical (unpaired) electrons. The van der Waals surface area contributed by atoms with E-state index in [1.54, 1.807) is 19.1 Å². The highest BCUT2D eigenvalue weighted by Gasteiger charge is 2.32. The lowest BCUT2D eigenvalue weighted by Crippen LogP contribution is -2.47. The fourth-order valence-electron chi connectivity index (χ4n) is 3.19. The maximum absolute atomic E-state index is 12.3. The standard InChI is InChI=1S/C19H24N2O3S/c1-6-8-13-9-14(10-15(24-5)18(13)23)17-16(12(4)22)11(3)21(7-2)19(25)20-17/h6,9-10,17,23H,1,7-8H2,2-5H3,(H,20,25). The summed E-state index contributed by atoms with van der Waals surface area (Å²) in [5, 5.41) is 14.1. The molecule has 0 aromatic heterocycles. The van der Waals surface area contributed by atoms with E-state index < -0.39 is 0 Å². The minimum Gasteiger partial charge on any atom is -0.504 e. The van der Waals surface area contributed by atoms with Gasteiger partial charge in [0.05, 0.1) is 13.2 Å². The molecular weight excluding hydrogens is 336 g/mol. The quantitative estimate of drug-likeness (QED) is 0.600. The smallest absolute Gasteiger partial charge is 0.173 e. The predicted octanol–water partition coefficient (Wildman–Crippen LogP) is 3.24. The first-order valence-corrected chi connectivity index (χ1v) is 8.56. The fourth-order valence-corrected chi connectivity index (χ4v) is 3.58. The summed E-state index contributed by atoms with van der Waals surface area (Å²) in [7, 11) is 1.50. The summed E-state index contributed by atoms with van der Waals surface area (Å²) in [5.74, 6) is 0.429. The molecule has 1 aliphatic heterocycles. The van der Waals surface area contributed by atoms with Gasteiger partial charge < -0.3 is 20.1 Å². The van der Waals surface area contributed by atoms with E-state index in [4.69, 9.17) is 17.0 Å². The first kappa shape index (κ1) is 19.0. The van der Waals surface area contributed by atoms with Crippen molar-refractivity contribution in [1.29, 1.82) is 0 Å². The lowest BCUT2D eigenvalue weighted by Gasteiger charge is -2.37. The minimum absolute atomic E-state index is 0.0201. The molecule has 0 aliphatic carbocycles. The average Bonchev–Trinajstić information content (AvgIpc) is 2.56. The van der Waals surface area contributed by atoms with Crippen molar-refractivity contribution >= 4 is 23.1 Å². The van der Waals surface area contributed by atoms with Gasteiger partial charge in [0.2, 0.25) is 0 Å². The van der Waals surface area contributed by atoms with Crippen LogP contribution in [0.25, 0.3) is 0 Å². The molecule has 0 fully saturated rings.